The van der Waals surface area contributed by atoms with Crippen LogP contribution >= 0.6 is 0 Å². The Morgan fingerprint density at radius 3 is 0.562 bits per heavy atom. The van der Waals surface area contributed by atoms with Crippen LogP contribution in [-0.4, -0.2) is 48.3 Å². The second-order valence-electron chi connectivity index (χ2n) is 14.8. The molecule has 0 aliphatic rings. The minimum atomic E-state index is -0.655. The summed E-state index contributed by atoms with van der Waals surface area (Å²) in [6.45, 7) is 4.78. The van der Waals surface area contributed by atoms with Crippen molar-refractivity contribution in [3.63, 3.8) is 0 Å². The molecule has 6 nitrogen and oxygen atoms in total. The van der Waals surface area contributed by atoms with Gasteiger partial charge in [-0.3, -0.25) is 9.59 Å². The number of carbonyl (C=O) groups is 2. The molecule has 0 amide bonds. The lowest BCUT2D eigenvalue weighted by molar-refractivity contribution is -0.138. The van der Waals surface area contributed by atoms with E-state index in [0.717, 1.165) is 25.7 Å². The smallest absolute Gasteiger partial charge is 0.303 e. The van der Waals surface area contributed by atoms with Gasteiger partial charge in [0.15, 0.2) is 0 Å². The molecule has 0 saturated heterocycles. The summed E-state index contributed by atoms with van der Waals surface area (Å²) < 4.78 is 0. The van der Waals surface area contributed by atoms with Crippen LogP contribution in [0.15, 0.2) is 0 Å². The van der Waals surface area contributed by atoms with Crippen molar-refractivity contribution in [2.24, 2.45) is 0 Å². The van der Waals surface area contributed by atoms with Crippen LogP contribution in [0.25, 0.3) is 0 Å². The largest absolute Gasteiger partial charge is 0.481 e. The Morgan fingerprint density at radius 2 is 0.396 bits per heavy atom. The fourth-order valence-corrected chi connectivity index (χ4v) is 6.75. The summed E-state index contributed by atoms with van der Waals surface area (Å²) in [6, 6.07) is 0. The van der Waals surface area contributed by atoms with E-state index < -0.39 is 11.9 Å². The van der Waals surface area contributed by atoms with Crippen LogP contribution in [0, 0.1) is 0 Å². The SMILES string of the molecule is O=C(O)CCCCCCCCCCCCCCCCCNCCCCCCNCCCCCCCCCCCCCCCCCC(=O)O. The van der Waals surface area contributed by atoms with Crippen LogP contribution in [0.4, 0.5) is 0 Å². The third-order valence-electron chi connectivity index (χ3n) is 9.95. The molecule has 0 heterocycles. The van der Waals surface area contributed by atoms with Gasteiger partial charge in [-0.2, -0.15) is 0 Å². The molecule has 0 bridgehead atoms. The number of hydrogen-bond acceptors (Lipinski definition) is 4. The van der Waals surface area contributed by atoms with Crippen LogP contribution < -0.4 is 10.6 Å². The van der Waals surface area contributed by atoms with Gasteiger partial charge in [-0.05, 0) is 64.7 Å². The normalized spacial score (nSPS) is 11.4. The summed E-state index contributed by atoms with van der Waals surface area (Å²) in [7, 11) is 0. The maximum Gasteiger partial charge on any atom is 0.303 e. The third kappa shape index (κ3) is 44.9. The zero-order valence-corrected chi connectivity index (χ0v) is 32.0. The molecule has 0 atom stereocenters. The van der Waals surface area contributed by atoms with Crippen molar-refractivity contribution in [2.75, 3.05) is 26.2 Å². The summed E-state index contributed by atoms with van der Waals surface area (Å²) >= 11 is 0. The van der Waals surface area contributed by atoms with Crippen LogP contribution in [0.3, 0.4) is 0 Å². The number of aliphatic carboxylic acids is 2. The second-order valence-corrected chi connectivity index (χ2v) is 14.8. The van der Waals surface area contributed by atoms with E-state index in [1.54, 1.807) is 0 Å². The first-order valence-corrected chi connectivity index (χ1v) is 21.5. The number of carboxylic acids is 2. The second kappa shape index (κ2) is 42.0. The van der Waals surface area contributed by atoms with Crippen LogP contribution in [0.2, 0.25) is 0 Å². The number of hydrogen-bond donors (Lipinski definition) is 4. The van der Waals surface area contributed by atoms with E-state index in [-0.39, 0.29) is 0 Å². The van der Waals surface area contributed by atoms with Gasteiger partial charge in [0.2, 0.25) is 0 Å². The van der Waals surface area contributed by atoms with Crippen molar-refractivity contribution >= 4 is 11.9 Å². The number of nitrogens with one attached hydrogen (secondary N) is 2. The molecular weight excluding hydrogens is 596 g/mol. The molecule has 0 unspecified atom stereocenters. The standard InChI is InChI=1S/C42H84N2O4/c45-41(46)35-29-23-19-15-11-7-3-1-5-9-13-17-21-25-31-37-43-39-33-27-28-34-40-44-38-32-26-22-18-14-10-6-2-4-8-12-16-20-24-30-36-42(47)48/h43-44H,1-40H2,(H,45,46)(H,47,48). The number of unbranched alkanes of at least 4 members (excludes halogenated alkanes) is 31. The van der Waals surface area contributed by atoms with Crippen molar-refractivity contribution in [3.05, 3.63) is 0 Å². The molecule has 0 rings (SSSR count). The summed E-state index contributed by atoms with van der Waals surface area (Å²) in [5, 5.41) is 24.6. The minimum absolute atomic E-state index is 0.337. The molecule has 286 valence electrons. The average molecular weight is 681 g/mol. The maximum atomic E-state index is 10.5. The quantitative estimate of drug-likeness (QED) is 0.0478. The first-order valence-electron chi connectivity index (χ1n) is 21.5. The van der Waals surface area contributed by atoms with Gasteiger partial charge in [-0.25, -0.2) is 0 Å². The molecule has 0 aromatic heterocycles. The van der Waals surface area contributed by atoms with Crippen molar-refractivity contribution < 1.29 is 19.8 Å². The van der Waals surface area contributed by atoms with E-state index in [0.29, 0.717) is 12.8 Å². The van der Waals surface area contributed by atoms with Gasteiger partial charge in [0.25, 0.3) is 0 Å². The molecule has 48 heavy (non-hydrogen) atoms. The first-order chi connectivity index (χ1) is 23.6. The highest BCUT2D eigenvalue weighted by Gasteiger charge is 1.99. The zero-order chi connectivity index (χ0) is 34.9. The maximum absolute atomic E-state index is 10.5. The van der Waals surface area contributed by atoms with Gasteiger partial charge >= 0.3 is 11.9 Å². The molecule has 0 aliphatic heterocycles. The highest BCUT2D eigenvalue weighted by Crippen LogP contribution is 2.15. The molecule has 4 N–H and O–H groups in total. The first kappa shape index (κ1) is 46.9. The predicted molar refractivity (Wildman–Crippen MR) is 207 cm³/mol. The van der Waals surface area contributed by atoms with Gasteiger partial charge in [0, 0.05) is 12.8 Å². The fourth-order valence-electron chi connectivity index (χ4n) is 6.75. The Hall–Kier alpha value is -1.14. The van der Waals surface area contributed by atoms with E-state index in [1.165, 1.54) is 219 Å². The van der Waals surface area contributed by atoms with Gasteiger partial charge in [0.05, 0.1) is 0 Å². The van der Waals surface area contributed by atoms with Crippen molar-refractivity contribution in [2.45, 2.75) is 231 Å². The van der Waals surface area contributed by atoms with E-state index in [2.05, 4.69) is 10.6 Å². The summed E-state index contributed by atoms with van der Waals surface area (Å²) in [4.78, 5) is 21.0. The fraction of sp³-hybridized carbons (Fsp3) is 0.952. The monoisotopic (exact) mass is 681 g/mol. The molecule has 0 saturated carbocycles. The van der Waals surface area contributed by atoms with Crippen molar-refractivity contribution in [1.29, 1.82) is 0 Å². The average Bonchev–Trinajstić information content (AvgIpc) is 3.06. The zero-order valence-electron chi connectivity index (χ0n) is 32.0. The highest BCUT2D eigenvalue weighted by molar-refractivity contribution is 5.66. The van der Waals surface area contributed by atoms with E-state index >= 15 is 0 Å². The molecular formula is C42H84N2O4. The van der Waals surface area contributed by atoms with Crippen molar-refractivity contribution in [3.8, 4) is 0 Å². The topological polar surface area (TPSA) is 98.7 Å². The van der Waals surface area contributed by atoms with E-state index in [4.69, 9.17) is 10.2 Å². The lowest BCUT2D eigenvalue weighted by atomic mass is 10.0. The number of rotatable bonds is 43. The predicted octanol–water partition coefficient (Wildman–Crippen LogP) is 12.4. The van der Waals surface area contributed by atoms with Crippen LogP contribution in [0.1, 0.15) is 231 Å². The van der Waals surface area contributed by atoms with E-state index in [9.17, 15) is 9.59 Å². The van der Waals surface area contributed by atoms with Crippen molar-refractivity contribution in [1.82, 2.24) is 10.6 Å². The molecule has 0 spiro atoms. The summed E-state index contributed by atoms with van der Waals surface area (Å²) in [5.41, 5.74) is 0. The molecule has 0 aliphatic carbocycles. The molecule has 0 fully saturated rings. The summed E-state index contributed by atoms with van der Waals surface area (Å²) in [6.07, 6.45) is 45.3. The highest BCUT2D eigenvalue weighted by atomic mass is 16.4. The van der Waals surface area contributed by atoms with Gasteiger partial charge in [-0.1, -0.05) is 180 Å². The Kier molecular flexibility index (Phi) is 41.0. The number of carboxylic acid groups (broad SMARTS) is 2. The lowest BCUT2D eigenvalue weighted by Gasteiger charge is -2.07. The van der Waals surface area contributed by atoms with E-state index in [1.807, 2.05) is 0 Å². The van der Waals surface area contributed by atoms with Crippen LogP contribution in [0.5, 0.6) is 0 Å². The van der Waals surface area contributed by atoms with Gasteiger partial charge in [0.1, 0.15) is 0 Å². The van der Waals surface area contributed by atoms with Crippen LogP contribution in [-0.2, 0) is 9.59 Å². The molecule has 0 aromatic carbocycles. The Morgan fingerprint density at radius 1 is 0.250 bits per heavy atom. The minimum Gasteiger partial charge on any atom is -0.481 e. The Labute approximate surface area is 299 Å². The lowest BCUT2D eigenvalue weighted by Crippen LogP contribution is -2.17. The molecule has 0 aromatic rings. The molecule has 6 heteroatoms. The van der Waals surface area contributed by atoms with Gasteiger partial charge < -0.3 is 20.8 Å². The Balaban J connectivity index is 3.05. The summed E-state index contributed by atoms with van der Waals surface area (Å²) in [5.74, 6) is -1.31. The molecule has 0 radical (unpaired) electrons. The van der Waals surface area contributed by atoms with Gasteiger partial charge in [-0.15, -0.1) is 0 Å². The third-order valence-corrected chi connectivity index (χ3v) is 9.95. The Bertz CT molecular complexity index is 591.